The van der Waals surface area contributed by atoms with E-state index >= 15 is 0 Å². The third-order valence-electron chi connectivity index (χ3n) is 5.26. The van der Waals surface area contributed by atoms with Gasteiger partial charge < -0.3 is 14.8 Å². The normalized spacial score (nSPS) is 16.6. The van der Waals surface area contributed by atoms with E-state index in [1.54, 1.807) is 18.2 Å². The highest BCUT2D eigenvalue weighted by Gasteiger charge is 2.36. The first-order valence-corrected chi connectivity index (χ1v) is 11.5. The molecule has 170 valence electrons. The number of sulfonamides is 1. The number of aliphatic imine (C=N–C) groups is 1. The third kappa shape index (κ3) is 5.16. The maximum Gasteiger partial charge on any atom is 0.244 e. The van der Waals surface area contributed by atoms with Crippen LogP contribution >= 0.6 is 0 Å². The maximum atomic E-state index is 13.6. The number of hydrogen-bond donors (Lipinski definition) is 1. The number of ether oxygens (including phenoxy) is 2. The Balaban J connectivity index is 2.03. The van der Waals surface area contributed by atoms with Gasteiger partial charge in [-0.05, 0) is 61.2 Å². The Kier molecular flexibility index (Phi) is 7.63. The van der Waals surface area contributed by atoms with E-state index in [4.69, 9.17) is 9.47 Å². The van der Waals surface area contributed by atoms with Gasteiger partial charge in [0, 0.05) is 13.1 Å². The number of methoxy groups -OCH3 is 2. The quantitative estimate of drug-likeness (QED) is 0.479. The second-order valence-electron chi connectivity index (χ2n) is 7.24. The van der Waals surface area contributed by atoms with Crippen LogP contribution in [0.25, 0.3) is 0 Å². The molecule has 0 bridgehead atoms. The van der Waals surface area contributed by atoms with Gasteiger partial charge in [0.2, 0.25) is 22.0 Å². The molecule has 1 heterocycles. The Morgan fingerprint density at radius 1 is 1.09 bits per heavy atom. The number of isocyanates is 1. The van der Waals surface area contributed by atoms with Crippen LogP contribution in [0.2, 0.25) is 0 Å². The number of carbonyl (C=O) groups excluding carboxylic acids is 2. The van der Waals surface area contributed by atoms with Crippen LogP contribution in [-0.4, -0.2) is 51.5 Å². The molecule has 1 amide bonds. The van der Waals surface area contributed by atoms with E-state index in [0.29, 0.717) is 36.4 Å². The van der Waals surface area contributed by atoms with Gasteiger partial charge in [-0.15, -0.1) is 0 Å². The molecule has 1 unspecified atom stereocenters. The summed E-state index contributed by atoms with van der Waals surface area (Å²) in [6, 6.07) is 9.82. The summed E-state index contributed by atoms with van der Waals surface area (Å²) in [5.74, 6) is 0.654. The number of carbonyl (C=O) groups is 1. The first kappa shape index (κ1) is 23.5. The molecule has 2 aromatic rings. The maximum absolute atomic E-state index is 13.6. The van der Waals surface area contributed by atoms with Crippen LogP contribution in [0.3, 0.4) is 0 Å². The molecule has 0 aromatic heterocycles. The van der Waals surface area contributed by atoms with Crippen molar-refractivity contribution in [2.75, 3.05) is 20.8 Å². The van der Waals surface area contributed by atoms with Crippen molar-refractivity contribution < 1.29 is 27.5 Å². The van der Waals surface area contributed by atoms with Crippen molar-refractivity contribution in [1.29, 1.82) is 0 Å². The fourth-order valence-electron chi connectivity index (χ4n) is 3.60. The Morgan fingerprint density at radius 3 is 2.47 bits per heavy atom. The average molecular weight is 460 g/mol. The Hall–Kier alpha value is -3.20. The summed E-state index contributed by atoms with van der Waals surface area (Å²) in [4.78, 5) is 26.7. The lowest BCUT2D eigenvalue weighted by molar-refractivity contribution is -0.124. The Labute approximate surface area is 187 Å². The molecule has 0 spiro atoms. The van der Waals surface area contributed by atoms with E-state index in [-0.39, 0.29) is 23.0 Å². The van der Waals surface area contributed by atoms with Crippen molar-refractivity contribution in [2.24, 2.45) is 4.99 Å². The smallest absolute Gasteiger partial charge is 0.244 e. The van der Waals surface area contributed by atoms with E-state index in [2.05, 4.69) is 10.3 Å². The highest BCUT2D eigenvalue weighted by Crippen LogP contribution is 2.31. The minimum absolute atomic E-state index is 0.000118. The lowest BCUT2D eigenvalue weighted by Crippen LogP contribution is -2.48. The van der Waals surface area contributed by atoms with Gasteiger partial charge in [0.1, 0.15) is 6.04 Å². The number of nitrogens with zero attached hydrogens (tertiary/aromatic N) is 2. The standard InChI is InChI=1S/C22H25N3O6S/c1-30-20-11-6-16(13-21(20)31-2)14-25(19-5-3-4-12-23-22(19)27)32(28,29)18-9-7-17(8-10-18)24-15-26/h6-11,13,19H,3-5,12,14H2,1-2H3,(H,23,27). The topological polar surface area (TPSA) is 114 Å². The highest BCUT2D eigenvalue weighted by molar-refractivity contribution is 7.89. The molecular formula is C22H25N3O6S. The van der Waals surface area contributed by atoms with Gasteiger partial charge in [0.25, 0.3) is 0 Å². The molecule has 1 aliphatic heterocycles. The molecule has 1 fully saturated rings. The van der Waals surface area contributed by atoms with Gasteiger partial charge in [-0.2, -0.15) is 9.30 Å². The molecule has 1 N–H and O–H groups in total. The van der Waals surface area contributed by atoms with Crippen molar-refractivity contribution in [3.05, 3.63) is 48.0 Å². The highest BCUT2D eigenvalue weighted by atomic mass is 32.2. The van der Waals surface area contributed by atoms with Crippen molar-refractivity contribution in [3.63, 3.8) is 0 Å². The van der Waals surface area contributed by atoms with Gasteiger partial charge in [0.05, 0.1) is 24.8 Å². The predicted octanol–water partition coefficient (Wildman–Crippen LogP) is 2.53. The van der Waals surface area contributed by atoms with Crippen LogP contribution < -0.4 is 14.8 Å². The molecular weight excluding hydrogens is 434 g/mol. The van der Waals surface area contributed by atoms with E-state index < -0.39 is 16.1 Å². The molecule has 0 saturated carbocycles. The third-order valence-corrected chi connectivity index (χ3v) is 7.13. The molecule has 0 aliphatic carbocycles. The zero-order chi connectivity index (χ0) is 23.1. The van der Waals surface area contributed by atoms with Crippen LogP contribution in [0.1, 0.15) is 24.8 Å². The van der Waals surface area contributed by atoms with Crippen LogP contribution in [0.4, 0.5) is 5.69 Å². The molecule has 1 saturated heterocycles. The minimum Gasteiger partial charge on any atom is -0.493 e. The van der Waals surface area contributed by atoms with E-state index in [9.17, 15) is 18.0 Å². The van der Waals surface area contributed by atoms with Crippen molar-refractivity contribution in [2.45, 2.75) is 36.7 Å². The first-order valence-electron chi connectivity index (χ1n) is 10.1. The van der Waals surface area contributed by atoms with Gasteiger partial charge in [-0.25, -0.2) is 13.2 Å². The molecule has 1 atom stereocenters. The van der Waals surface area contributed by atoms with Gasteiger partial charge in [-0.3, -0.25) is 4.79 Å². The van der Waals surface area contributed by atoms with Crippen LogP contribution in [-0.2, 0) is 26.2 Å². The second kappa shape index (κ2) is 10.4. The monoisotopic (exact) mass is 459 g/mol. The van der Waals surface area contributed by atoms with Crippen molar-refractivity contribution in [1.82, 2.24) is 9.62 Å². The molecule has 9 nitrogen and oxygen atoms in total. The lowest BCUT2D eigenvalue weighted by Gasteiger charge is -2.29. The average Bonchev–Trinajstić information content (AvgIpc) is 3.01. The second-order valence-corrected chi connectivity index (χ2v) is 9.13. The molecule has 1 aliphatic rings. The van der Waals surface area contributed by atoms with Gasteiger partial charge in [0.15, 0.2) is 11.5 Å². The fourth-order valence-corrected chi connectivity index (χ4v) is 5.21. The molecule has 10 heteroatoms. The number of amides is 1. The summed E-state index contributed by atoms with van der Waals surface area (Å²) < 4.78 is 39.1. The zero-order valence-electron chi connectivity index (χ0n) is 17.9. The molecule has 32 heavy (non-hydrogen) atoms. The van der Waals surface area contributed by atoms with Crippen LogP contribution in [0.15, 0.2) is 52.4 Å². The first-order chi connectivity index (χ1) is 15.4. The Bertz CT molecular complexity index is 1110. The molecule has 0 radical (unpaired) electrons. The van der Waals surface area contributed by atoms with E-state index in [0.717, 1.165) is 6.42 Å². The summed E-state index contributed by atoms with van der Waals surface area (Å²) >= 11 is 0. The minimum atomic E-state index is -4.05. The lowest BCUT2D eigenvalue weighted by atomic mass is 10.1. The largest absolute Gasteiger partial charge is 0.493 e. The summed E-state index contributed by atoms with van der Waals surface area (Å²) in [5, 5.41) is 2.80. The Morgan fingerprint density at radius 2 is 1.81 bits per heavy atom. The fraction of sp³-hybridized carbons (Fsp3) is 0.364. The SMILES string of the molecule is COc1ccc(CN(C2CCCCNC2=O)S(=O)(=O)c2ccc(N=C=O)cc2)cc1OC. The zero-order valence-corrected chi connectivity index (χ0v) is 18.7. The summed E-state index contributed by atoms with van der Waals surface area (Å²) in [6.45, 7) is 0.479. The molecule has 3 rings (SSSR count). The number of benzene rings is 2. The number of nitrogens with one attached hydrogen (secondary N) is 1. The van der Waals surface area contributed by atoms with Crippen molar-refractivity contribution >= 4 is 27.7 Å². The van der Waals surface area contributed by atoms with Gasteiger partial charge in [-0.1, -0.05) is 6.07 Å². The summed E-state index contributed by atoms with van der Waals surface area (Å²) in [6.07, 6.45) is 3.33. The van der Waals surface area contributed by atoms with Gasteiger partial charge >= 0.3 is 0 Å². The predicted molar refractivity (Wildman–Crippen MR) is 117 cm³/mol. The van der Waals surface area contributed by atoms with E-state index in [1.807, 2.05) is 0 Å². The van der Waals surface area contributed by atoms with Crippen molar-refractivity contribution in [3.8, 4) is 11.5 Å². The number of rotatable bonds is 8. The molecule has 2 aromatic carbocycles. The van der Waals surface area contributed by atoms with Crippen LogP contribution in [0.5, 0.6) is 11.5 Å². The summed E-state index contributed by atoms with van der Waals surface area (Å²) in [7, 11) is -1.04. The number of hydrogen-bond acceptors (Lipinski definition) is 7. The van der Waals surface area contributed by atoms with E-state index in [1.165, 1.54) is 48.9 Å². The summed E-state index contributed by atoms with van der Waals surface area (Å²) in [5.41, 5.74) is 0.933. The van der Waals surface area contributed by atoms with Crippen LogP contribution in [0, 0.1) is 0 Å².